The van der Waals surface area contributed by atoms with Crippen molar-refractivity contribution in [1.29, 1.82) is 0 Å². The van der Waals surface area contributed by atoms with E-state index in [1.165, 1.54) is 46.6 Å². The molecule has 33 heavy (non-hydrogen) atoms. The van der Waals surface area contributed by atoms with Gasteiger partial charge in [-0.15, -0.1) is 0 Å². The molecule has 1 aromatic carbocycles. The fraction of sp³-hybridized carbons (Fsp3) is 0.464. The van der Waals surface area contributed by atoms with E-state index >= 15 is 0 Å². The van der Waals surface area contributed by atoms with Crippen molar-refractivity contribution in [3.63, 3.8) is 0 Å². The molecule has 0 heterocycles. The lowest BCUT2D eigenvalue weighted by molar-refractivity contribution is 0.0548. The van der Waals surface area contributed by atoms with Gasteiger partial charge in [0.25, 0.3) is 0 Å². The predicted molar refractivity (Wildman–Crippen MR) is 138 cm³/mol. The number of ether oxygens (including phenoxy) is 1. The second kappa shape index (κ2) is 14.7. The van der Waals surface area contributed by atoms with Crippen molar-refractivity contribution in [2.75, 3.05) is 12.9 Å². The number of allylic oxidation sites excluding steroid dienone is 7. The van der Waals surface area contributed by atoms with Crippen LogP contribution in [0.15, 0.2) is 75.8 Å². The van der Waals surface area contributed by atoms with Crippen molar-refractivity contribution < 1.29 is 17.9 Å². The molecule has 0 aromatic heterocycles. The largest absolute Gasteiger partial charge is 0.458 e. The minimum atomic E-state index is -3.28. The van der Waals surface area contributed by atoms with Crippen molar-refractivity contribution >= 4 is 15.8 Å². The van der Waals surface area contributed by atoms with Crippen LogP contribution in [-0.4, -0.2) is 27.2 Å². The highest BCUT2D eigenvalue weighted by molar-refractivity contribution is 7.90. The Balaban J connectivity index is 2.35. The van der Waals surface area contributed by atoms with Crippen LogP contribution in [0.2, 0.25) is 0 Å². The first kappa shape index (κ1) is 28.6. The molecule has 0 saturated carbocycles. The second-order valence-electron chi connectivity index (χ2n) is 8.94. The molecule has 0 atom stereocenters. The number of hydrogen-bond acceptors (Lipinski definition) is 4. The maximum absolute atomic E-state index is 12.1. The molecule has 0 N–H and O–H groups in total. The molecule has 0 amide bonds. The number of carbonyl (C=O) groups excluding carboxylic acids is 1. The van der Waals surface area contributed by atoms with Crippen LogP contribution in [0.1, 0.15) is 83.5 Å². The minimum absolute atomic E-state index is 0.184. The zero-order valence-electron chi connectivity index (χ0n) is 21.1. The van der Waals surface area contributed by atoms with Gasteiger partial charge < -0.3 is 4.74 Å². The van der Waals surface area contributed by atoms with Gasteiger partial charge in [0.05, 0.1) is 10.5 Å². The van der Waals surface area contributed by atoms with E-state index in [0.29, 0.717) is 5.56 Å². The van der Waals surface area contributed by atoms with Gasteiger partial charge in [-0.1, -0.05) is 40.5 Å². The van der Waals surface area contributed by atoms with Gasteiger partial charge in [-0.05, 0) is 103 Å². The third kappa shape index (κ3) is 13.0. The van der Waals surface area contributed by atoms with E-state index in [9.17, 15) is 13.2 Å². The fourth-order valence-corrected chi connectivity index (χ4v) is 3.80. The van der Waals surface area contributed by atoms with E-state index in [-0.39, 0.29) is 11.5 Å². The topological polar surface area (TPSA) is 60.4 Å². The van der Waals surface area contributed by atoms with Gasteiger partial charge in [0.2, 0.25) is 0 Å². The minimum Gasteiger partial charge on any atom is -0.458 e. The molecule has 1 aromatic rings. The normalized spacial score (nSPS) is 13.1. The number of hydrogen-bond donors (Lipinski definition) is 0. The summed E-state index contributed by atoms with van der Waals surface area (Å²) in [6.45, 7) is 10.9. The van der Waals surface area contributed by atoms with Crippen molar-refractivity contribution in [3.8, 4) is 0 Å². The zero-order chi connectivity index (χ0) is 24.9. The fourth-order valence-electron chi connectivity index (χ4n) is 3.17. The van der Waals surface area contributed by atoms with Crippen LogP contribution < -0.4 is 0 Å². The first-order chi connectivity index (χ1) is 15.5. The first-order valence-corrected chi connectivity index (χ1v) is 13.5. The van der Waals surface area contributed by atoms with Crippen molar-refractivity contribution in [3.05, 3.63) is 76.4 Å². The highest BCUT2D eigenvalue weighted by Gasteiger charge is 2.10. The Labute approximate surface area is 201 Å². The first-order valence-electron chi connectivity index (χ1n) is 11.6. The molecule has 0 unspecified atom stereocenters. The molecule has 0 aliphatic rings. The van der Waals surface area contributed by atoms with Gasteiger partial charge in [0, 0.05) is 6.26 Å². The summed E-state index contributed by atoms with van der Waals surface area (Å²) in [5.74, 6) is -0.459. The number of esters is 1. The molecular formula is C28H40O4S. The molecule has 4 nitrogen and oxygen atoms in total. The van der Waals surface area contributed by atoms with E-state index in [0.717, 1.165) is 44.8 Å². The Bertz CT molecular complexity index is 987. The summed E-state index contributed by atoms with van der Waals surface area (Å²) < 4.78 is 28.3. The molecule has 0 saturated heterocycles. The van der Waals surface area contributed by atoms with E-state index in [1.54, 1.807) is 0 Å². The smallest absolute Gasteiger partial charge is 0.338 e. The summed E-state index contributed by atoms with van der Waals surface area (Å²) in [5.41, 5.74) is 5.76. The lowest BCUT2D eigenvalue weighted by Crippen LogP contribution is -2.06. The molecule has 1 rings (SSSR count). The Hall–Kier alpha value is -2.40. The van der Waals surface area contributed by atoms with Crippen molar-refractivity contribution in [2.24, 2.45) is 0 Å². The number of benzene rings is 1. The van der Waals surface area contributed by atoms with Crippen LogP contribution >= 0.6 is 0 Å². The van der Waals surface area contributed by atoms with E-state index in [4.69, 9.17) is 4.74 Å². The monoisotopic (exact) mass is 472 g/mol. The lowest BCUT2D eigenvalue weighted by Gasteiger charge is -2.05. The molecular weight excluding hydrogens is 432 g/mol. The summed E-state index contributed by atoms with van der Waals surface area (Å²) in [4.78, 5) is 12.3. The van der Waals surface area contributed by atoms with Crippen LogP contribution in [0.5, 0.6) is 0 Å². The van der Waals surface area contributed by atoms with E-state index in [1.807, 2.05) is 13.0 Å². The van der Waals surface area contributed by atoms with Crippen LogP contribution in [0, 0.1) is 0 Å². The summed E-state index contributed by atoms with van der Waals surface area (Å²) in [6, 6.07) is 5.79. The summed E-state index contributed by atoms with van der Waals surface area (Å²) in [7, 11) is -3.28. The predicted octanol–water partition coefficient (Wildman–Crippen LogP) is 7.39. The number of carbonyl (C=O) groups is 1. The molecule has 5 heteroatoms. The molecule has 0 spiro atoms. The summed E-state index contributed by atoms with van der Waals surface area (Å²) >= 11 is 0. The van der Waals surface area contributed by atoms with E-state index < -0.39 is 15.8 Å². The molecule has 182 valence electrons. The standard InChI is InChI=1S/C28H40O4S/c1-22(2)10-7-11-23(3)12-8-13-24(4)14-9-15-25(5)20-21-32-28(29)26-16-18-27(19-17-26)33(6,30)31/h10,12,14,16-20H,7-9,11,13,15,21H2,1-6H3/b23-12+,24-14+,25-20+. The highest BCUT2D eigenvalue weighted by Crippen LogP contribution is 2.14. The Morgan fingerprint density at radius 1 is 0.758 bits per heavy atom. The average molecular weight is 473 g/mol. The van der Waals surface area contributed by atoms with Crippen LogP contribution in [0.4, 0.5) is 0 Å². The Morgan fingerprint density at radius 3 is 1.67 bits per heavy atom. The van der Waals surface area contributed by atoms with Gasteiger partial charge >= 0.3 is 5.97 Å². The van der Waals surface area contributed by atoms with Crippen LogP contribution in [-0.2, 0) is 14.6 Å². The SMILES string of the molecule is CC(C)=CCC/C(C)=C/CC/C(C)=C/CC/C(C)=C/COC(=O)c1ccc(S(C)(=O)=O)cc1. The third-order valence-electron chi connectivity index (χ3n) is 5.32. The van der Waals surface area contributed by atoms with Gasteiger partial charge in [-0.2, -0.15) is 0 Å². The number of sulfone groups is 1. The van der Waals surface area contributed by atoms with Crippen molar-refractivity contribution in [1.82, 2.24) is 0 Å². The molecule has 0 bridgehead atoms. The van der Waals surface area contributed by atoms with E-state index in [2.05, 4.69) is 45.9 Å². The van der Waals surface area contributed by atoms with Crippen LogP contribution in [0.25, 0.3) is 0 Å². The molecule has 0 aliphatic carbocycles. The maximum atomic E-state index is 12.1. The van der Waals surface area contributed by atoms with Gasteiger partial charge in [0.15, 0.2) is 9.84 Å². The Kier molecular flexibility index (Phi) is 12.7. The molecule has 0 radical (unpaired) electrons. The zero-order valence-corrected chi connectivity index (χ0v) is 21.9. The number of rotatable bonds is 13. The second-order valence-corrected chi connectivity index (χ2v) is 11.0. The van der Waals surface area contributed by atoms with Gasteiger partial charge in [-0.25, -0.2) is 13.2 Å². The quantitative estimate of drug-likeness (QED) is 0.222. The molecule has 0 aliphatic heterocycles. The molecule has 0 fully saturated rings. The van der Waals surface area contributed by atoms with Gasteiger partial charge in [0.1, 0.15) is 6.61 Å². The summed E-state index contributed by atoms with van der Waals surface area (Å²) in [5, 5.41) is 0. The van der Waals surface area contributed by atoms with Gasteiger partial charge in [-0.3, -0.25) is 0 Å². The van der Waals surface area contributed by atoms with Crippen molar-refractivity contribution in [2.45, 2.75) is 78.0 Å². The average Bonchev–Trinajstić information content (AvgIpc) is 2.73. The maximum Gasteiger partial charge on any atom is 0.338 e. The summed E-state index contributed by atoms with van der Waals surface area (Å²) in [6.07, 6.45) is 16.3. The van der Waals surface area contributed by atoms with Crippen LogP contribution in [0.3, 0.4) is 0 Å². The highest BCUT2D eigenvalue weighted by atomic mass is 32.2. The third-order valence-corrected chi connectivity index (χ3v) is 6.45. The Morgan fingerprint density at radius 2 is 1.21 bits per heavy atom. The lowest BCUT2D eigenvalue weighted by atomic mass is 10.0.